The lowest BCUT2D eigenvalue weighted by atomic mass is 10.1. The summed E-state index contributed by atoms with van der Waals surface area (Å²) in [6, 6.07) is 2.59. The van der Waals surface area contributed by atoms with Crippen LogP contribution in [0.3, 0.4) is 0 Å². The number of fused-ring (bicyclic) bond motifs is 1. The Hall–Kier alpha value is -1.37. The molecule has 23 heavy (non-hydrogen) atoms. The summed E-state index contributed by atoms with van der Waals surface area (Å²) in [6.45, 7) is 6.16. The van der Waals surface area contributed by atoms with Crippen LogP contribution in [-0.4, -0.2) is 57.5 Å². The second-order valence-corrected chi connectivity index (χ2v) is 7.21. The molecule has 0 radical (unpaired) electrons. The molecular formula is C16H22ClN5O. The molecule has 0 amide bonds. The topological polar surface area (TPSA) is 50.3 Å². The zero-order valence-corrected chi connectivity index (χ0v) is 14.5. The van der Waals surface area contributed by atoms with Gasteiger partial charge in [0, 0.05) is 44.4 Å². The van der Waals surface area contributed by atoms with Crippen molar-refractivity contribution in [2.24, 2.45) is 13.0 Å². The average Bonchev–Trinajstić information content (AvgIpc) is 3.24. The molecule has 0 bridgehead atoms. The van der Waals surface area contributed by atoms with Gasteiger partial charge in [0.05, 0.1) is 0 Å². The van der Waals surface area contributed by atoms with Crippen LogP contribution in [0.25, 0.3) is 11.4 Å². The van der Waals surface area contributed by atoms with Gasteiger partial charge in [0.15, 0.2) is 0 Å². The largest absolute Gasteiger partial charge is 0.361 e. The molecule has 124 valence electrons. The molecule has 2 aliphatic heterocycles. The number of likely N-dealkylation sites (tertiary alicyclic amines) is 2. The van der Waals surface area contributed by atoms with E-state index in [9.17, 15) is 0 Å². The molecule has 0 N–H and O–H groups in total. The van der Waals surface area contributed by atoms with Crippen molar-refractivity contribution in [3.8, 4) is 11.4 Å². The predicted octanol–water partition coefficient (Wildman–Crippen LogP) is 2.17. The number of aromatic nitrogens is 3. The van der Waals surface area contributed by atoms with Gasteiger partial charge in [-0.2, -0.15) is 5.10 Å². The maximum Gasteiger partial charge on any atom is 0.134 e. The monoisotopic (exact) mass is 335 g/mol. The van der Waals surface area contributed by atoms with E-state index in [1.165, 1.54) is 13.0 Å². The van der Waals surface area contributed by atoms with Crippen LogP contribution in [0, 0.1) is 12.8 Å². The van der Waals surface area contributed by atoms with E-state index >= 15 is 0 Å². The lowest BCUT2D eigenvalue weighted by Gasteiger charge is -2.20. The Kier molecular flexibility index (Phi) is 3.70. The molecule has 4 rings (SSSR count). The SMILES string of the molecule is Cc1cc(-c2nn(C)c(Cl)c2CN2C[C@@H]3CCN(C)[C@@H]3C2)no1. The van der Waals surface area contributed by atoms with Crippen molar-refractivity contribution in [2.45, 2.75) is 25.9 Å². The molecule has 0 spiro atoms. The van der Waals surface area contributed by atoms with Crippen LogP contribution >= 0.6 is 11.6 Å². The lowest BCUT2D eigenvalue weighted by molar-refractivity contribution is 0.255. The number of hydrogen-bond donors (Lipinski definition) is 0. The molecule has 4 heterocycles. The smallest absolute Gasteiger partial charge is 0.134 e. The van der Waals surface area contributed by atoms with Gasteiger partial charge in [-0.15, -0.1) is 0 Å². The minimum absolute atomic E-state index is 0.684. The van der Waals surface area contributed by atoms with Gasteiger partial charge in [-0.1, -0.05) is 16.8 Å². The van der Waals surface area contributed by atoms with E-state index in [4.69, 9.17) is 16.1 Å². The Morgan fingerprint density at radius 1 is 1.35 bits per heavy atom. The average molecular weight is 336 g/mol. The van der Waals surface area contributed by atoms with Crippen molar-refractivity contribution in [2.75, 3.05) is 26.7 Å². The number of halogens is 1. The van der Waals surface area contributed by atoms with Crippen molar-refractivity contribution >= 4 is 11.6 Å². The van der Waals surface area contributed by atoms with Crippen molar-refractivity contribution < 1.29 is 4.52 Å². The standard InChI is InChI=1S/C16H22ClN5O/c1-10-6-13(19-23-10)15-12(16(17)21(3)18-15)8-22-7-11-4-5-20(2)14(11)9-22/h6,11,14H,4-5,7-9H2,1-3H3/t11-,14+/m0/s1. The number of nitrogens with zero attached hydrogens (tertiary/aromatic N) is 5. The van der Waals surface area contributed by atoms with Gasteiger partial charge < -0.3 is 9.42 Å². The Morgan fingerprint density at radius 2 is 2.17 bits per heavy atom. The van der Waals surface area contributed by atoms with E-state index in [0.29, 0.717) is 11.2 Å². The maximum atomic E-state index is 6.50. The molecule has 2 saturated heterocycles. The van der Waals surface area contributed by atoms with Gasteiger partial charge in [-0.3, -0.25) is 9.58 Å². The summed E-state index contributed by atoms with van der Waals surface area (Å²) < 4.78 is 6.93. The normalized spacial score (nSPS) is 25.4. The fourth-order valence-corrected chi connectivity index (χ4v) is 4.17. The first-order valence-corrected chi connectivity index (χ1v) is 8.48. The first kappa shape index (κ1) is 15.2. The second kappa shape index (κ2) is 5.61. The summed E-state index contributed by atoms with van der Waals surface area (Å²) in [4.78, 5) is 4.97. The molecule has 2 aromatic rings. The highest BCUT2D eigenvalue weighted by molar-refractivity contribution is 6.30. The van der Waals surface area contributed by atoms with E-state index in [-0.39, 0.29) is 0 Å². The third-order valence-electron chi connectivity index (χ3n) is 5.22. The number of hydrogen-bond acceptors (Lipinski definition) is 5. The van der Waals surface area contributed by atoms with Crippen LogP contribution in [0.2, 0.25) is 5.15 Å². The Labute approximate surface area is 141 Å². The number of likely N-dealkylation sites (N-methyl/N-ethyl adjacent to an activating group) is 1. The lowest BCUT2D eigenvalue weighted by Crippen LogP contribution is -2.32. The molecule has 0 aromatic carbocycles. The molecular weight excluding hydrogens is 314 g/mol. The Balaban J connectivity index is 1.60. The van der Waals surface area contributed by atoms with Gasteiger partial charge in [0.25, 0.3) is 0 Å². The van der Waals surface area contributed by atoms with Gasteiger partial charge in [-0.25, -0.2) is 0 Å². The van der Waals surface area contributed by atoms with Crippen LogP contribution in [-0.2, 0) is 13.6 Å². The van der Waals surface area contributed by atoms with Crippen LogP contribution in [0.1, 0.15) is 17.7 Å². The maximum absolute atomic E-state index is 6.50. The minimum atomic E-state index is 0.684. The van der Waals surface area contributed by atoms with Crippen molar-refractivity contribution in [3.05, 3.63) is 22.5 Å². The third-order valence-corrected chi connectivity index (χ3v) is 5.69. The minimum Gasteiger partial charge on any atom is -0.361 e. The fourth-order valence-electron chi connectivity index (χ4n) is 3.98. The molecule has 2 aliphatic rings. The molecule has 2 aromatic heterocycles. The van der Waals surface area contributed by atoms with E-state index in [0.717, 1.165) is 48.3 Å². The summed E-state index contributed by atoms with van der Waals surface area (Å²) in [6.07, 6.45) is 1.30. The first-order chi connectivity index (χ1) is 11.0. The second-order valence-electron chi connectivity index (χ2n) is 6.86. The quantitative estimate of drug-likeness (QED) is 0.860. The Morgan fingerprint density at radius 3 is 2.87 bits per heavy atom. The van der Waals surface area contributed by atoms with E-state index in [2.05, 4.69) is 27.1 Å². The summed E-state index contributed by atoms with van der Waals surface area (Å²) in [5, 5.41) is 9.34. The van der Waals surface area contributed by atoms with Crippen LogP contribution in [0.15, 0.2) is 10.6 Å². The van der Waals surface area contributed by atoms with Gasteiger partial charge in [-0.05, 0) is 32.9 Å². The van der Waals surface area contributed by atoms with Crippen LogP contribution in [0.5, 0.6) is 0 Å². The summed E-state index contributed by atoms with van der Waals surface area (Å²) in [5.74, 6) is 1.57. The molecule has 0 saturated carbocycles. The van der Waals surface area contributed by atoms with Crippen molar-refractivity contribution in [1.82, 2.24) is 24.7 Å². The molecule has 6 nitrogen and oxygen atoms in total. The fraction of sp³-hybridized carbons (Fsp3) is 0.625. The zero-order valence-electron chi connectivity index (χ0n) is 13.8. The van der Waals surface area contributed by atoms with Crippen LogP contribution < -0.4 is 0 Å². The highest BCUT2D eigenvalue weighted by Gasteiger charge is 2.39. The zero-order chi connectivity index (χ0) is 16.1. The molecule has 0 unspecified atom stereocenters. The molecule has 7 heteroatoms. The summed E-state index contributed by atoms with van der Waals surface area (Å²) >= 11 is 6.50. The molecule has 2 atom stereocenters. The summed E-state index contributed by atoms with van der Waals surface area (Å²) in [5.41, 5.74) is 2.64. The van der Waals surface area contributed by atoms with Gasteiger partial charge in [0.1, 0.15) is 22.3 Å². The number of rotatable bonds is 3. The van der Waals surface area contributed by atoms with E-state index < -0.39 is 0 Å². The third kappa shape index (κ3) is 2.58. The molecule has 2 fully saturated rings. The number of aryl methyl sites for hydroxylation is 2. The van der Waals surface area contributed by atoms with Crippen molar-refractivity contribution in [1.29, 1.82) is 0 Å². The van der Waals surface area contributed by atoms with Gasteiger partial charge >= 0.3 is 0 Å². The Bertz CT molecular complexity index is 724. The van der Waals surface area contributed by atoms with Gasteiger partial charge in [0.2, 0.25) is 0 Å². The predicted molar refractivity (Wildman–Crippen MR) is 88.3 cm³/mol. The first-order valence-electron chi connectivity index (χ1n) is 8.10. The van der Waals surface area contributed by atoms with Crippen molar-refractivity contribution in [3.63, 3.8) is 0 Å². The molecule has 0 aliphatic carbocycles. The van der Waals surface area contributed by atoms with E-state index in [1.807, 2.05) is 20.0 Å². The summed E-state index contributed by atoms with van der Waals surface area (Å²) in [7, 11) is 4.10. The highest BCUT2D eigenvalue weighted by atomic mass is 35.5. The van der Waals surface area contributed by atoms with Crippen LogP contribution in [0.4, 0.5) is 0 Å². The van der Waals surface area contributed by atoms with E-state index in [1.54, 1.807) is 4.68 Å². The highest BCUT2D eigenvalue weighted by Crippen LogP contribution is 2.34.